The summed E-state index contributed by atoms with van der Waals surface area (Å²) in [6, 6.07) is 0.0177. The number of carboxylic acids is 1. The highest BCUT2D eigenvalue weighted by molar-refractivity contribution is 9.10. The number of carbonyl (C=O) groups is 1. The molecule has 1 aliphatic heterocycles. The predicted molar refractivity (Wildman–Crippen MR) is 52.8 cm³/mol. The molecule has 0 spiro atoms. The van der Waals surface area contributed by atoms with Crippen molar-refractivity contribution < 1.29 is 18.7 Å². The van der Waals surface area contributed by atoms with Gasteiger partial charge in [-0.2, -0.15) is 0 Å². The van der Waals surface area contributed by atoms with Crippen LogP contribution in [0.2, 0.25) is 0 Å². The van der Waals surface area contributed by atoms with Gasteiger partial charge in [0.1, 0.15) is 17.7 Å². The maximum Gasteiger partial charge on any atom is 0.326 e. The molecule has 2 N–H and O–H groups in total. The molecule has 1 aromatic carbocycles. The first kappa shape index (κ1) is 10.4. The first-order valence-corrected chi connectivity index (χ1v) is 4.95. The van der Waals surface area contributed by atoms with Gasteiger partial charge in [0, 0.05) is 12.0 Å². The number of fused-ring (bicyclic) bond motifs is 1. The van der Waals surface area contributed by atoms with Crippen LogP contribution < -0.4 is 5.32 Å². The summed E-state index contributed by atoms with van der Waals surface area (Å²) < 4.78 is 26.8. The molecule has 0 amide bonds. The fourth-order valence-electron chi connectivity index (χ4n) is 1.57. The Labute approximate surface area is 92.2 Å². The molecule has 80 valence electrons. The van der Waals surface area contributed by atoms with Crippen LogP contribution in [0.5, 0.6) is 0 Å². The Kier molecular flexibility index (Phi) is 2.38. The number of hydrogen-bond acceptors (Lipinski definition) is 2. The zero-order valence-electron chi connectivity index (χ0n) is 7.35. The van der Waals surface area contributed by atoms with E-state index in [2.05, 4.69) is 21.2 Å². The average molecular weight is 278 g/mol. The molecule has 6 heteroatoms. The second-order valence-corrected chi connectivity index (χ2v) is 4.10. The number of anilines is 1. The zero-order chi connectivity index (χ0) is 11.2. The van der Waals surface area contributed by atoms with Gasteiger partial charge in [-0.15, -0.1) is 0 Å². The van der Waals surface area contributed by atoms with Gasteiger partial charge in [0.05, 0.1) is 10.2 Å². The van der Waals surface area contributed by atoms with Crippen molar-refractivity contribution in [2.75, 3.05) is 5.32 Å². The van der Waals surface area contributed by atoms with Crippen molar-refractivity contribution in [3.8, 4) is 0 Å². The van der Waals surface area contributed by atoms with Gasteiger partial charge in [0.15, 0.2) is 0 Å². The first-order chi connectivity index (χ1) is 7.00. The highest BCUT2D eigenvalue weighted by atomic mass is 79.9. The second kappa shape index (κ2) is 3.44. The lowest BCUT2D eigenvalue weighted by Crippen LogP contribution is -2.26. The van der Waals surface area contributed by atoms with Gasteiger partial charge in [-0.1, -0.05) is 0 Å². The number of hydrogen-bond donors (Lipinski definition) is 2. The van der Waals surface area contributed by atoms with E-state index in [1.165, 1.54) is 0 Å². The van der Waals surface area contributed by atoms with Gasteiger partial charge >= 0.3 is 5.97 Å². The Morgan fingerprint density at radius 3 is 2.87 bits per heavy atom. The average Bonchev–Trinajstić information content (AvgIpc) is 2.59. The van der Waals surface area contributed by atoms with E-state index in [9.17, 15) is 13.6 Å². The van der Waals surface area contributed by atoms with Crippen molar-refractivity contribution in [2.45, 2.75) is 12.5 Å². The summed E-state index contributed by atoms with van der Waals surface area (Å²) in [5, 5.41) is 11.2. The lowest BCUT2D eigenvalue weighted by atomic mass is 10.1. The molecule has 0 saturated carbocycles. The van der Waals surface area contributed by atoms with E-state index in [0.29, 0.717) is 0 Å². The van der Waals surface area contributed by atoms with Crippen molar-refractivity contribution in [2.24, 2.45) is 0 Å². The molecule has 0 saturated heterocycles. The normalized spacial score (nSPS) is 18.5. The Morgan fingerprint density at radius 2 is 2.27 bits per heavy atom. The summed E-state index contributed by atoms with van der Waals surface area (Å²) in [6.07, 6.45) is -0.0488. The van der Waals surface area contributed by atoms with E-state index >= 15 is 0 Å². The van der Waals surface area contributed by atoms with Crippen molar-refractivity contribution in [1.29, 1.82) is 0 Å². The van der Waals surface area contributed by atoms with Crippen molar-refractivity contribution in [1.82, 2.24) is 0 Å². The zero-order valence-corrected chi connectivity index (χ0v) is 8.94. The molecule has 1 atom stereocenters. The minimum Gasteiger partial charge on any atom is -0.480 e. The molecule has 0 fully saturated rings. The largest absolute Gasteiger partial charge is 0.480 e. The topological polar surface area (TPSA) is 49.3 Å². The van der Waals surface area contributed by atoms with Crippen molar-refractivity contribution in [3.63, 3.8) is 0 Å². The van der Waals surface area contributed by atoms with Crippen LogP contribution in [0.3, 0.4) is 0 Å². The molecule has 1 unspecified atom stereocenters. The standard InChI is InChI=1S/C9H6BrF2NO2/c10-4-2-5(11)8-3(7(4)12)1-6(13-8)9(14)15/h2,6,13H,1H2,(H,14,15). The maximum atomic E-state index is 13.5. The number of benzene rings is 1. The summed E-state index contributed by atoms with van der Waals surface area (Å²) in [5.41, 5.74) is 0.0253. The number of rotatable bonds is 1. The molecule has 0 aromatic heterocycles. The lowest BCUT2D eigenvalue weighted by molar-refractivity contribution is -0.137. The molecular formula is C9H6BrF2NO2. The highest BCUT2D eigenvalue weighted by Crippen LogP contribution is 2.34. The molecule has 1 aromatic rings. The predicted octanol–water partition coefficient (Wildman–Crippen LogP) is 2.15. The molecular weight excluding hydrogens is 272 g/mol. The summed E-state index contributed by atoms with van der Waals surface area (Å²) >= 11 is 2.87. The summed E-state index contributed by atoms with van der Waals surface area (Å²) in [4.78, 5) is 10.7. The monoisotopic (exact) mass is 277 g/mol. The van der Waals surface area contributed by atoms with Crippen molar-refractivity contribution in [3.05, 3.63) is 27.7 Å². The van der Waals surface area contributed by atoms with Crippen LogP contribution >= 0.6 is 15.9 Å². The molecule has 0 aliphatic carbocycles. The Hall–Kier alpha value is -1.17. The van der Waals surface area contributed by atoms with Crippen LogP contribution in [0.1, 0.15) is 5.56 Å². The van der Waals surface area contributed by atoms with Crippen LogP contribution in [0.4, 0.5) is 14.5 Å². The van der Waals surface area contributed by atoms with E-state index in [0.717, 1.165) is 6.07 Å². The lowest BCUT2D eigenvalue weighted by Gasteiger charge is -2.05. The smallest absolute Gasteiger partial charge is 0.326 e. The third-order valence-electron chi connectivity index (χ3n) is 2.29. The molecule has 2 rings (SSSR count). The van der Waals surface area contributed by atoms with Crippen LogP contribution in [0.15, 0.2) is 10.5 Å². The first-order valence-electron chi connectivity index (χ1n) is 4.16. The summed E-state index contributed by atoms with van der Waals surface area (Å²) in [6.45, 7) is 0. The second-order valence-electron chi connectivity index (χ2n) is 3.25. The van der Waals surface area contributed by atoms with E-state index in [1.54, 1.807) is 0 Å². The SMILES string of the molecule is O=C(O)C1Cc2c(F)c(Br)cc(F)c2N1. The summed E-state index contributed by atoms with van der Waals surface area (Å²) in [5.74, 6) is -2.38. The number of halogens is 3. The van der Waals surface area contributed by atoms with Gasteiger partial charge in [-0.3, -0.25) is 0 Å². The Balaban J connectivity index is 2.49. The minimum absolute atomic E-state index is 0.00610. The van der Waals surface area contributed by atoms with Crippen LogP contribution in [0.25, 0.3) is 0 Å². The molecule has 3 nitrogen and oxygen atoms in total. The fraction of sp³-hybridized carbons (Fsp3) is 0.222. The van der Waals surface area contributed by atoms with Crippen LogP contribution in [0, 0.1) is 11.6 Å². The van der Waals surface area contributed by atoms with Gasteiger partial charge < -0.3 is 10.4 Å². The number of aliphatic carboxylic acids is 1. The van der Waals surface area contributed by atoms with Crippen LogP contribution in [-0.4, -0.2) is 17.1 Å². The van der Waals surface area contributed by atoms with Gasteiger partial charge in [-0.05, 0) is 22.0 Å². The fourth-order valence-corrected chi connectivity index (χ4v) is 2.01. The Morgan fingerprint density at radius 1 is 1.60 bits per heavy atom. The summed E-state index contributed by atoms with van der Waals surface area (Å²) in [7, 11) is 0. The van der Waals surface area contributed by atoms with E-state index in [1.807, 2.05) is 0 Å². The molecule has 1 heterocycles. The molecule has 15 heavy (non-hydrogen) atoms. The van der Waals surface area contributed by atoms with E-state index in [-0.39, 0.29) is 22.1 Å². The molecule has 1 aliphatic rings. The van der Waals surface area contributed by atoms with E-state index < -0.39 is 23.6 Å². The van der Waals surface area contributed by atoms with Gasteiger partial charge in [0.25, 0.3) is 0 Å². The molecule has 0 radical (unpaired) electrons. The highest BCUT2D eigenvalue weighted by Gasteiger charge is 2.31. The minimum atomic E-state index is -1.12. The van der Waals surface area contributed by atoms with Crippen LogP contribution in [-0.2, 0) is 11.2 Å². The molecule has 0 bridgehead atoms. The third kappa shape index (κ3) is 1.58. The third-order valence-corrected chi connectivity index (χ3v) is 2.87. The maximum absolute atomic E-state index is 13.5. The van der Waals surface area contributed by atoms with E-state index in [4.69, 9.17) is 5.11 Å². The Bertz CT molecular complexity index is 450. The quantitative estimate of drug-likeness (QED) is 0.774. The number of carboxylic acid groups (broad SMARTS) is 1. The van der Waals surface area contributed by atoms with Gasteiger partial charge in [-0.25, -0.2) is 13.6 Å². The van der Waals surface area contributed by atoms with Gasteiger partial charge in [0.2, 0.25) is 0 Å². The van der Waals surface area contributed by atoms with Crippen molar-refractivity contribution >= 4 is 27.6 Å². The number of nitrogens with one attached hydrogen (secondary N) is 1.